The van der Waals surface area contributed by atoms with Crippen LogP contribution in [0.5, 0.6) is 0 Å². The lowest BCUT2D eigenvalue weighted by molar-refractivity contribution is -0.116. The van der Waals surface area contributed by atoms with Gasteiger partial charge in [-0.3, -0.25) is 14.3 Å². The zero-order chi connectivity index (χ0) is 21.4. The van der Waals surface area contributed by atoms with E-state index in [1.807, 2.05) is 13.1 Å². The Balaban J connectivity index is 2.41. The molecule has 1 amide bonds. The number of rotatable bonds is 5. The number of carbonyl (C=O) groups excluding carboxylic acids is 1. The first-order chi connectivity index (χ1) is 12.8. The van der Waals surface area contributed by atoms with Crippen LogP contribution >= 0.6 is 0 Å². The Morgan fingerprint density at radius 2 is 2.04 bits per heavy atom. The molecule has 28 heavy (non-hydrogen) atoms. The fourth-order valence-electron chi connectivity index (χ4n) is 2.68. The second kappa shape index (κ2) is 8.03. The van der Waals surface area contributed by atoms with Crippen molar-refractivity contribution < 1.29 is 24.2 Å². The Labute approximate surface area is 166 Å². The van der Waals surface area contributed by atoms with E-state index in [4.69, 9.17) is 9.16 Å². The van der Waals surface area contributed by atoms with Gasteiger partial charge in [-0.15, -0.1) is 0 Å². The summed E-state index contributed by atoms with van der Waals surface area (Å²) in [6, 6.07) is 1.52. The van der Waals surface area contributed by atoms with E-state index in [1.165, 1.54) is 35.7 Å². The second-order valence-corrected chi connectivity index (χ2v) is 13.4. The lowest BCUT2D eigenvalue weighted by Crippen LogP contribution is -2.49. The molecule has 0 spiro atoms. The minimum absolute atomic E-state index is 0.119. The van der Waals surface area contributed by atoms with E-state index in [0.29, 0.717) is 0 Å². The predicted octanol–water partition coefficient (Wildman–Crippen LogP) is 0.867. The summed E-state index contributed by atoms with van der Waals surface area (Å²) in [4.78, 5) is 29.3. The fraction of sp³-hybridized carbons (Fsp3) is 0.722. The predicted molar refractivity (Wildman–Crippen MR) is 107 cm³/mol. The number of anilines is 1. The van der Waals surface area contributed by atoms with Gasteiger partial charge in [0, 0.05) is 20.2 Å². The van der Waals surface area contributed by atoms with Crippen LogP contribution in [0.3, 0.4) is 0 Å². The number of hydrogen-bond donors (Lipinski definition) is 2. The Hall–Kier alpha value is -1.59. The van der Waals surface area contributed by atoms with Gasteiger partial charge in [-0.25, -0.2) is 4.79 Å². The van der Waals surface area contributed by atoms with E-state index in [1.54, 1.807) is 0 Å². The molecule has 1 aromatic heterocycles. The number of aliphatic hydroxyl groups is 2. The molecular weight excluding hydrogens is 382 g/mol. The van der Waals surface area contributed by atoms with Crippen molar-refractivity contribution in [3.63, 3.8) is 0 Å². The highest BCUT2D eigenvalue weighted by molar-refractivity contribution is 6.74. The highest BCUT2D eigenvalue weighted by Crippen LogP contribution is 2.41. The SMILES string of the molecule is CC(=O)N(C)c1ccn([C@@H]2O[C@H](CO)[C@@H](O)[C@H]2O[Si](C)(C)C(C)(C)C)c(=O)n1. The zero-order valence-electron chi connectivity index (χ0n) is 17.5. The van der Waals surface area contributed by atoms with Gasteiger partial charge in [-0.2, -0.15) is 4.98 Å². The number of amides is 1. The molecule has 1 aliphatic heterocycles. The molecule has 158 valence electrons. The van der Waals surface area contributed by atoms with Crippen LogP contribution in [-0.2, 0) is 14.0 Å². The van der Waals surface area contributed by atoms with Crippen LogP contribution in [-0.4, -0.2) is 66.0 Å². The number of hydrogen-bond acceptors (Lipinski definition) is 7. The van der Waals surface area contributed by atoms with Gasteiger partial charge in [0.25, 0.3) is 0 Å². The molecule has 1 aromatic rings. The van der Waals surface area contributed by atoms with Crippen LogP contribution in [0.4, 0.5) is 5.82 Å². The Morgan fingerprint density at radius 1 is 1.43 bits per heavy atom. The standard InChI is InChI=1S/C18H31N3O6Si/c1-11(23)20(5)13-8-9-21(17(25)19-13)16-15(14(24)12(10-22)26-16)27-28(6,7)18(2,3)4/h8-9,12,14-16,22,24H,10H2,1-7H3/t12-,14-,15-,16-/m1/s1. The lowest BCUT2D eigenvalue weighted by atomic mass is 10.1. The van der Waals surface area contributed by atoms with Gasteiger partial charge in [-0.05, 0) is 24.2 Å². The van der Waals surface area contributed by atoms with E-state index in [-0.39, 0.29) is 16.8 Å². The monoisotopic (exact) mass is 413 g/mol. The van der Waals surface area contributed by atoms with E-state index >= 15 is 0 Å². The molecule has 4 atom stereocenters. The van der Waals surface area contributed by atoms with Gasteiger partial charge in [0.2, 0.25) is 5.91 Å². The number of carbonyl (C=O) groups is 1. The highest BCUT2D eigenvalue weighted by Gasteiger charge is 2.50. The van der Waals surface area contributed by atoms with Crippen molar-refractivity contribution >= 4 is 20.0 Å². The van der Waals surface area contributed by atoms with Crippen molar-refractivity contribution in [2.75, 3.05) is 18.6 Å². The molecule has 2 heterocycles. The smallest absolute Gasteiger partial charge is 0.351 e. The second-order valence-electron chi connectivity index (χ2n) is 8.63. The third kappa shape index (κ3) is 4.36. The summed E-state index contributed by atoms with van der Waals surface area (Å²) in [6.07, 6.45) is -2.25. The molecule has 1 saturated heterocycles. The number of nitrogens with zero attached hydrogens (tertiary/aromatic N) is 3. The Kier molecular flexibility index (Phi) is 6.51. The minimum atomic E-state index is -2.30. The summed E-state index contributed by atoms with van der Waals surface area (Å²) in [5, 5.41) is 20.1. The van der Waals surface area contributed by atoms with Crippen LogP contribution in [0.2, 0.25) is 18.1 Å². The molecule has 0 aliphatic carbocycles. The molecule has 0 saturated carbocycles. The van der Waals surface area contributed by atoms with Gasteiger partial charge in [-0.1, -0.05) is 20.8 Å². The summed E-state index contributed by atoms with van der Waals surface area (Å²) in [7, 11) is -0.777. The summed E-state index contributed by atoms with van der Waals surface area (Å²) < 4.78 is 13.3. The third-order valence-corrected chi connectivity index (χ3v) is 10.1. The van der Waals surface area contributed by atoms with Crippen LogP contribution in [0, 0.1) is 0 Å². The van der Waals surface area contributed by atoms with Crippen molar-refractivity contribution in [1.29, 1.82) is 0 Å². The number of aromatic nitrogens is 2. The first-order valence-electron chi connectivity index (χ1n) is 9.26. The molecule has 0 bridgehead atoms. The minimum Gasteiger partial charge on any atom is -0.407 e. The number of aliphatic hydroxyl groups excluding tert-OH is 2. The molecule has 0 radical (unpaired) electrons. The molecular formula is C18H31N3O6Si. The Bertz CT molecular complexity index is 775. The van der Waals surface area contributed by atoms with Gasteiger partial charge >= 0.3 is 5.69 Å². The zero-order valence-corrected chi connectivity index (χ0v) is 18.5. The van der Waals surface area contributed by atoms with E-state index in [0.717, 1.165) is 0 Å². The van der Waals surface area contributed by atoms with Gasteiger partial charge in [0.15, 0.2) is 14.5 Å². The van der Waals surface area contributed by atoms with Crippen molar-refractivity contribution in [2.24, 2.45) is 0 Å². The molecule has 9 nitrogen and oxygen atoms in total. The molecule has 1 fully saturated rings. The van der Waals surface area contributed by atoms with E-state index in [9.17, 15) is 19.8 Å². The summed E-state index contributed by atoms with van der Waals surface area (Å²) >= 11 is 0. The molecule has 0 aromatic carbocycles. The van der Waals surface area contributed by atoms with Crippen LogP contribution in [0.1, 0.15) is 33.9 Å². The maximum atomic E-state index is 12.6. The van der Waals surface area contributed by atoms with Gasteiger partial charge < -0.3 is 19.4 Å². The maximum Gasteiger partial charge on any atom is 0.351 e. The first-order valence-corrected chi connectivity index (χ1v) is 12.2. The van der Waals surface area contributed by atoms with Crippen molar-refractivity contribution in [3.05, 3.63) is 22.7 Å². The molecule has 10 heteroatoms. The quantitative estimate of drug-likeness (QED) is 0.688. The molecule has 1 aliphatic rings. The van der Waals surface area contributed by atoms with Crippen molar-refractivity contribution in [1.82, 2.24) is 9.55 Å². The first kappa shape index (κ1) is 22.7. The van der Waals surface area contributed by atoms with Crippen molar-refractivity contribution in [2.45, 2.75) is 70.4 Å². The maximum absolute atomic E-state index is 12.6. The number of ether oxygens (including phenoxy) is 1. The average Bonchev–Trinajstić information content (AvgIpc) is 2.88. The van der Waals surface area contributed by atoms with Crippen LogP contribution in [0.25, 0.3) is 0 Å². The lowest BCUT2D eigenvalue weighted by Gasteiger charge is -2.40. The van der Waals surface area contributed by atoms with Crippen LogP contribution in [0.15, 0.2) is 17.1 Å². The average molecular weight is 414 g/mol. The molecule has 0 unspecified atom stereocenters. The van der Waals surface area contributed by atoms with Crippen LogP contribution < -0.4 is 10.6 Å². The Morgan fingerprint density at radius 3 is 2.50 bits per heavy atom. The van der Waals surface area contributed by atoms with Crippen molar-refractivity contribution in [3.8, 4) is 0 Å². The summed E-state index contributed by atoms with van der Waals surface area (Å²) in [5.74, 6) is -0.0375. The van der Waals surface area contributed by atoms with E-state index < -0.39 is 45.2 Å². The largest absolute Gasteiger partial charge is 0.407 e. The van der Waals surface area contributed by atoms with E-state index in [2.05, 4.69) is 25.8 Å². The fourth-order valence-corrected chi connectivity index (χ4v) is 3.97. The highest BCUT2D eigenvalue weighted by atomic mass is 28.4. The molecule has 2 rings (SSSR count). The van der Waals surface area contributed by atoms with Gasteiger partial charge in [0.1, 0.15) is 24.1 Å². The third-order valence-electron chi connectivity index (χ3n) is 5.64. The topological polar surface area (TPSA) is 114 Å². The summed E-state index contributed by atoms with van der Waals surface area (Å²) in [5.41, 5.74) is -0.634. The summed E-state index contributed by atoms with van der Waals surface area (Å²) in [6.45, 7) is 11.3. The molecule has 2 N–H and O–H groups in total. The normalized spacial score (nSPS) is 25.8. The van der Waals surface area contributed by atoms with Gasteiger partial charge in [0.05, 0.1) is 6.61 Å².